The van der Waals surface area contributed by atoms with Gasteiger partial charge in [-0.3, -0.25) is 4.90 Å². The van der Waals surface area contributed by atoms with Gasteiger partial charge in [-0.2, -0.15) is 0 Å². The van der Waals surface area contributed by atoms with Crippen LogP contribution in [0, 0.1) is 0 Å². The Morgan fingerprint density at radius 3 is 2.82 bits per heavy atom. The maximum absolute atomic E-state index is 5.56. The molecule has 1 aliphatic rings. The highest BCUT2D eigenvalue weighted by Gasteiger charge is 2.20. The van der Waals surface area contributed by atoms with Crippen LogP contribution in [0.15, 0.2) is 0 Å². The maximum Gasteiger partial charge on any atom is 0.0619 e. The Morgan fingerprint density at radius 1 is 1.41 bits per heavy atom. The van der Waals surface area contributed by atoms with E-state index in [4.69, 9.17) is 4.74 Å². The van der Waals surface area contributed by atoms with Crippen molar-refractivity contribution in [3.05, 3.63) is 0 Å². The second-order valence-corrected chi connectivity index (χ2v) is 5.15. The summed E-state index contributed by atoms with van der Waals surface area (Å²) in [6.07, 6.45) is 5.25. The molecule has 0 saturated carbocycles. The van der Waals surface area contributed by atoms with Crippen LogP contribution in [0.25, 0.3) is 0 Å². The van der Waals surface area contributed by atoms with E-state index in [0.717, 1.165) is 13.2 Å². The highest BCUT2D eigenvalue weighted by molar-refractivity contribution is 4.80. The molecule has 0 aliphatic carbocycles. The third-order valence-electron chi connectivity index (χ3n) is 3.60. The van der Waals surface area contributed by atoms with Crippen LogP contribution in [-0.4, -0.2) is 49.8 Å². The van der Waals surface area contributed by atoms with Crippen LogP contribution in [0.3, 0.4) is 0 Å². The van der Waals surface area contributed by atoms with Crippen LogP contribution in [0.4, 0.5) is 0 Å². The number of ether oxygens (including phenoxy) is 1. The predicted octanol–water partition coefficient (Wildman–Crippen LogP) is 2.27. The van der Waals surface area contributed by atoms with Crippen molar-refractivity contribution in [2.24, 2.45) is 0 Å². The summed E-state index contributed by atoms with van der Waals surface area (Å²) in [4.78, 5) is 2.60. The van der Waals surface area contributed by atoms with E-state index < -0.39 is 0 Å². The molecule has 2 atom stereocenters. The lowest BCUT2D eigenvalue weighted by Gasteiger charge is -2.31. The lowest BCUT2D eigenvalue weighted by atomic mass is 10.1. The van der Waals surface area contributed by atoms with E-state index >= 15 is 0 Å². The molecule has 1 aliphatic heterocycles. The highest BCUT2D eigenvalue weighted by atomic mass is 16.5. The minimum atomic E-state index is 0.545. The minimum absolute atomic E-state index is 0.545. The predicted molar refractivity (Wildman–Crippen MR) is 73.5 cm³/mol. The third kappa shape index (κ3) is 5.84. The molecule has 0 bridgehead atoms. The summed E-state index contributed by atoms with van der Waals surface area (Å²) in [6.45, 7) is 11.9. The van der Waals surface area contributed by atoms with Gasteiger partial charge in [-0.05, 0) is 46.2 Å². The number of hydrogen-bond acceptors (Lipinski definition) is 3. The average molecular weight is 242 g/mol. The van der Waals surface area contributed by atoms with Crippen molar-refractivity contribution >= 4 is 0 Å². The Hall–Kier alpha value is -0.120. The van der Waals surface area contributed by atoms with Crippen LogP contribution in [0.2, 0.25) is 0 Å². The van der Waals surface area contributed by atoms with Gasteiger partial charge in [0.25, 0.3) is 0 Å². The zero-order chi connectivity index (χ0) is 12.5. The normalized spacial score (nSPS) is 22.2. The molecule has 1 heterocycles. The largest absolute Gasteiger partial charge is 0.380 e. The van der Waals surface area contributed by atoms with Crippen molar-refractivity contribution < 1.29 is 4.74 Å². The van der Waals surface area contributed by atoms with E-state index in [1.807, 2.05) is 0 Å². The molecule has 1 saturated heterocycles. The first-order valence-electron chi connectivity index (χ1n) is 7.33. The van der Waals surface area contributed by atoms with Gasteiger partial charge in [0.05, 0.1) is 6.61 Å². The molecule has 1 N–H and O–H groups in total. The summed E-state index contributed by atoms with van der Waals surface area (Å²) in [6, 6.07) is 1.25. The van der Waals surface area contributed by atoms with Crippen LogP contribution < -0.4 is 5.32 Å². The fourth-order valence-corrected chi connectivity index (χ4v) is 2.44. The van der Waals surface area contributed by atoms with Gasteiger partial charge in [-0.1, -0.05) is 13.3 Å². The summed E-state index contributed by atoms with van der Waals surface area (Å²) in [5.41, 5.74) is 0. The third-order valence-corrected chi connectivity index (χ3v) is 3.60. The van der Waals surface area contributed by atoms with E-state index in [-0.39, 0.29) is 0 Å². The molecular weight excluding hydrogens is 212 g/mol. The van der Waals surface area contributed by atoms with Gasteiger partial charge in [-0.15, -0.1) is 0 Å². The van der Waals surface area contributed by atoms with Crippen molar-refractivity contribution in [3.63, 3.8) is 0 Å². The lowest BCUT2D eigenvalue weighted by Crippen LogP contribution is -2.44. The standard InChI is InChI=1S/C14H30N2O/c1-4-6-10-16(13(3)12-17-5-2)11-14-8-7-9-15-14/h13-15H,4-12H2,1-3H3. The molecule has 3 heteroatoms. The molecule has 0 amide bonds. The van der Waals surface area contributed by atoms with E-state index in [0.29, 0.717) is 12.1 Å². The smallest absolute Gasteiger partial charge is 0.0619 e. The molecule has 102 valence electrons. The number of nitrogens with zero attached hydrogens (tertiary/aromatic N) is 1. The second kappa shape index (κ2) is 8.90. The lowest BCUT2D eigenvalue weighted by molar-refractivity contribution is 0.0685. The summed E-state index contributed by atoms with van der Waals surface area (Å²) >= 11 is 0. The Bertz CT molecular complexity index is 181. The molecule has 0 spiro atoms. The number of rotatable bonds is 9. The second-order valence-electron chi connectivity index (χ2n) is 5.15. The highest BCUT2D eigenvalue weighted by Crippen LogP contribution is 2.10. The molecule has 3 nitrogen and oxygen atoms in total. The molecule has 17 heavy (non-hydrogen) atoms. The van der Waals surface area contributed by atoms with Crippen LogP contribution in [-0.2, 0) is 4.74 Å². The minimum Gasteiger partial charge on any atom is -0.380 e. The summed E-state index contributed by atoms with van der Waals surface area (Å²) in [7, 11) is 0. The van der Waals surface area contributed by atoms with Gasteiger partial charge >= 0.3 is 0 Å². The Labute approximate surface area is 107 Å². The average Bonchev–Trinajstić information content (AvgIpc) is 2.84. The van der Waals surface area contributed by atoms with Gasteiger partial charge in [0.1, 0.15) is 0 Å². The molecule has 0 radical (unpaired) electrons. The quantitative estimate of drug-likeness (QED) is 0.671. The van der Waals surface area contributed by atoms with Crippen molar-refractivity contribution in [2.45, 2.75) is 58.5 Å². The van der Waals surface area contributed by atoms with E-state index in [9.17, 15) is 0 Å². The summed E-state index contributed by atoms with van der Waals surface area (Å²) < 4.78 is 5.56. The topological polar surface area (TPSA) is 24.5 Å². The zero-order valence-electron chi connectivity index (χ0n) is 11.9. The monoisotopic (exact) mass is 242 g/mol. The molecule has 0 aromatic heterocycles. The van der Waals surface area contributed by atoms with E-state index in [1.165, 1.54) is 45.3 Å². The number of nitrogens with one attached hydrogen (secondary N) is 1. The van der Waals surface area contributed by atoms with Gasteiger partial charge in [-0.25, -0.2) is 0 Å². The fourth-order valence-electron chi connectivity index (χ4n) is 2.44. The Kier molecular flexibility index (Phi) is 7.82. The SMILES string of the molecule is CCCCN(CC1CCCN1)C(C)COCC. The van der Waals surface area contributed by atoms with Crippen molar-refractivity contribution in [3.8, 4) is 0 Å². The van der Waals surface area contributed by atoms with Gasteiger partial charge in [0, 0.05) is 25.2 Å². The Balaban J connectivity index is 2.34. The molecule has 2 unspecified atom stereocenters. The first-order valence-corrected chi connectivity index (χ1v) is 7.33. The Morgan fingerprint density at radius 2 is 2.24 bits per heavy atom. The molecule has 0 aromatic rings. The maximum atomic E-state index is 5.56. The van der Waals surface area contributed by atoms with Gasteiger partial charge in [0.15, 0.2) is 0 Å². The van der Waals surface area contributed by atoms with Gasteiger partial charge in [0.2, 0.25) is 0 Å². The van der Waals surface area contributed by atoms with Crippen molar-refractivity contribution in [1.29, 1.82) is 0 Å². The van der Waals surface area contributed by atoms with Crippen molar-refractivity contribution in [1.82, 2.24) is 10.2 Å². The van der Waals surface area contributed by atoms with Crippen molar-refractivity contribution in [2.75, 3.05) is 32.8 Å². The van der Waals surface area contributed by atoms with Crippen LogP contribution >= 0.6 is 0 Å². The summed E-state index contributed by atoms with van der Waals surface area (Å²) in [5.74, 6) is 0. The van der Waals surface area contributed by atoms with E-state index in [2.05, 4.69) is 31.0 Å². The first-order chi connectivity index (χ1) is 8.27. The van der Waals surface area contributed by atoms with Gasteiger partial charge < -0.3 is 10.1 Å². The summed E-state index contributed by atoms with van der Waals surface area (Å²) in [5, 5.41) is 3.59. The number of hydrogen-bond donors (Lipinski definition) is 1. The zero-order valence-corrected chi connectivity index (χ0v) is 11.9. The molecule has 0 aromatic carbocycles. The van der Waals surface area contributed by atoms with Crippen LogP contribution in [0.1, 0.15) is 46.5 Å². The first kappa shape index (κ1) is 14.9. The van der Waals surface area contributed by atoms with E-state index in [1.54, 1.807) is 0 Å². The van der Waals surface area contributed by atoms with Crippen LogP contribution in [0.5, 0.6) is 0 Å². The molecule has 1 fully saturated rings. The molecule has 1 rings (SSSR count). The molecular formula is C14H30N2O. The fraction of sp³-hybridized carbons (Fsp3) is 1.00. The number of unbranched alkanes of at least 4 members (excludes halogenated alkanes) is 1.